The molecular weight excluding hydrogens is 301 g/mol. The summed E-state index contributed by atoms with van der Waals surface area (Å²) in [4.78, 5) is 0. The van der Waals surface area contributed by atoms with Gasteiger partial charge in [0.1, 0.15) is 5.75 Å². The van der Waals surface area contributed by atoms with Crippen LogP contribution in [0.25, 0.3) is 0 Å². The maximum absolute atomic E-state index is 8.59. The van der Waals surface area contributed by atoms with Crippen LogP contribution in [0.5, 0.6) is 5.75 Å². The molecule has 1 aromatic rings. The number of rotatable bonds is 9. The summed E-state index contributed by atoms with van der Waals surface area (Å²) in [6.45, 7) is 6.09. The van der Waals surface area contributed by atoms with E-state index in [0.717, 1.165) is 5.56 Å². The van der Waals surface area contributed by atoms with E-state index in [2.05, 4.69) is 5.32 Å². The van der Waals surface area contributed by atoms with Gasteiger partial charge in [0.2, 0.25) is 0 Å². The van der Waals surface area contributed by atoms with Crippen molar-refractivity contribution in [1.29, 1.82) is 0 Å². The van der Waals surface area contributed by atoms with Gasteiger partial charge in [0.05, 0.1) is 30.9 Å². The lowest BCUT2D eigenvalue weighted by Crippen LogP contribution is -2.21. The molecule has 0 aliphatic heterocycles. The van der Waals surface area contributed by atoms with Crippen molar-refractivity contribution in [3.05, 3.63) is 27.7 Å². The Morgan fingerprint density at radius 3 is 2.65 bits per heavy atom. The van der Waals surface area contributed by atoms with Gasteiger partial charge in [0.25, 0.3) is 0 Å². The van der Waals surface area contributed by atoms with Gasteiger partial charge in [-0.1, -0.05) is 23.2 Å². The molecule has 0 heterocycles. The first-order chi connectivity index (χ1) is 9.54. The first kappa shape index (κ1) is 17.5. The van der Waals surface area contributed by atoms with Gasteiger partial charge >= 0.3 is 0 Å². The molecule has 0 radical (unpaired) electrons. The van der Waals surface area contributed by atoms with Crippen molar-refractivity contribution in [2.45, 2.75) is 26.5 Å². The van der Waals surface area contributed by atoms with Crippen LogP contribution in [0.4, 0.5) is 0 Å². The van der Waals surface area contributed by atoms with Crippen molar-refractivity contribution >= 4 is 23.2 Å². The second kappa shape index (κ2) is 9.42. The zero-order valence-electron chi connectivity index (χ0n) is 11.8. The Hall–Kier alpha value is -0.520. The van der Waals surface area contributed by atoms with Crippen LogP contribution in [-0.2, 0) is 11.3 Å². The van der Waals surface area contributed by atoms with E-state index in [4.69, 9.17) is 37.8 Å². The molecule has 1 aromatic carbocycles. The van der Waals surface area contributed by atoms with Crippen molar-refractivity contribution in [2.24, 2.45) is 0 Å². The van der Waals surface area contributed by atoms with Crippen LogP contribution in [0.2, 0.25) is 10.0 Å². The van der Waals surface area contributed by atoms with E-state index in [1.807, 2.05) is 19.9 Å². The fraction of sp³-hybridized carbons (Fsp3) is 0.571. The molecule has 1 rings (SSSR count). The normalized spacial score (nSPS) is 11.1. The van der Waals surface area contributed by atoms with Gasteiger partial charge < -0.3 is 19.9 Å². The lowest BCUT2D eigenvalue weighted by molar-refractivity contribution is 0.0937. The van der Waals surface area contributed by atoms with Gasteiger partial charge in [-0.2, -0.15) is 0 Å². The summed E-state index contributed by atoms with van der Waals surface area (Å²) in [5.41, 5.74) is 0.915. The molecule has 0 aliphatic carbocycles. The summed E-state index contributed by atoms with van der Waals surface area (Å²) in [6.07, 6.45) is 0.0420. The number of aliphatic hydroxyl groups is 1. The quantitative estimate of drug-likeness (QED) is 0.687. The molecule has 2 N–H and O–H groups in total. The van der Waals surface area contributed by atoms with E-state index in [1.165, 1.54) is 0 Å². The molecule has 0 aromatic heterocycles. The van der Waals surface area contributed by atoms with E-state index in [1.54, 1.807) is 6.07 Å². The van der Waals surface area contributed by atoms with Crippen LogP contribution in [0, 0.1) is 0 Å². The third kappa shape index (κ3) is 6.29. The highest BCUT2D eigenvalue weighted by molar-refractivity contribution is 6.35. The molecule has 0 amide bonds. The second-order valence-electron chi connectivity index (χ2n) is 4.56. The largest absolute Gasteiger partial charge is 0.489 e. The molecule has 0 spiro atoms. The maximum Gasteiger partial charge on any atom is 0.142 e. The van der Waals surface area contributed by atoms with Gasteiger partial charge in [-0.25, -0.2) is 0 Å². The average molecular weight is 322 g/mol. The molecule has 0 fully saturated rings. The fourth-order valence-corrected chi connectivity index (χ4v) is 2.23. The zero-order valence-corrected chi connectivity index (χ0v) is 13.3. The number of ether oxygens (including phenoxy) is 2. The summed E-state index contributed by atoms with van der Waals surface area (Å²) in [7, 11) is 0. The third-order valence-corrected chi connectivity index (χ3v) is 2.91. The topological polar surface area (TPSA) is 50.7 Å². The predicted molar refractivity (Wildman–Crippen MR) is 81.8 cm³/mol. The van der Waals surface area contributed by atoms with Gasteiger partial charge in [-0.15, -0.1) is 0 Å². The minimum atomic E-state index is 0.0380. The minimum Gasteiger partial charge on any atom is -0.489 e. The smallest absolute Gasteiger partial charge is 0.142 e. The van der Waals surface area contributed by atoms with Crippen LogP contribution >= 0.6 is 23.2 Å². The first-order valence-corrected chi connectivity index (χ1v) is 7.34. The Morgan fingerprint density at radius 1 is 1.25 bits per heavy atom. The second-order valence-corrected chi connectivity index (χ2v) is 5.40. The lowest BCUT2D eigenvalue weighted by atomic mass is 10.2. The zero-order chi connectivity index (χ0) is 15.0. The van der Waals surface area contributed by atoms with E-state index >= 15 is 0 Å². The van der Waals surface area contributed by atoms with Crippen molar-refractivity contribution in [3.63, 3.8) is 0 Å². The number of nitrogens with one attached hydrogen (secondary N) is 1. The number of benzene rings is 1. The Labute approximate surface area is 130 Å². The monoisotopic (exact) mass is 321 g/mol. The Kier molecular flexibility index (Phi) is 8.26. The summed E-state index contributed by atoms with van der Waals surface area (Å²) in [5, 5.41) is 12.9. The molecule has 0 saturated heterocycles. The van der Waals surface area contributed by atoms with Crippen LogP contribution in [-0.4, -0.2) is 37.6 Å². The van der Waals surface area contributed by atoms with Gasteiger partial charge in [0, 0.05) is 23.7 Å². The molecule has 0 aliphatic rings. The molecule has 0 saturated carbocycles. The maximum atomic E-state index is 8.59. The number of hydrogen-bond donors (Lipinski definition) is 2. The van der Waals surface area contributed by atoms with Gasteiger partial charge in [0.15, 0.2) is 0 Å². The molecule has 20 heavy (non-hydrogen) atoms. The van der Waals surface area contributed by atoms with Crippen LogP contribution in [0.15, 0.2) is 12.1 Å². The first-order valence-electron chi connectivity index (χ1n) is 6.58. The molecule has 114 valence electrons. The Bertz CT molecular complexity index is 414. The van der Waals surface area contributed by atoms with Crippen molar-refractivity contribution < 1.29 is 14.6 Å². The molecule has 0 atom stereocenters. The fourth-order valence-electron chi connectivity index (χ4n) is 1.65. The highest BCUT2D eigenvalue weighted by Gasteiger charge is 2.12. The van der Waals surface area contributed by atoms with Crippen LogP contribution in [0.1, 0.15) is 19.4 Å². The number of hydrogen-bond acceptors (Lipinski definition) is 4. The van der Waals surface area contributed by atoms with Gasteiger partial charge in [-0.3, -0.25) is 0 Å². The van der Waals surface area contributed by atoms with Crippen molar-refractivity contribution in [3.8, 4) is 5.75 Å². The minimum absolute atomic E-state index is 0.0380. The number of halogens is 2. The molecule has 6 heteroatoms. The lowest BCUT2D eigenvalue weighted by Gasteiger charge is -2.17. The third-order valence-electron chi connectivity index (χ3n) is 2.41. The summed E-state index contributed by atoms with van der Waals surface area (Å²) in [6, 6.07) is 3.52. The van der Waals surface area contributed by atoms with Crippen molar-refractivity contribution in [2.75, 3.05) is 26.4 Å². The summed E-state index contributed by atoms with van der Waals surface area (Å²) < 4.78 is 10.9. The Morgan fingerprint density at radius 2 is 2.00 bits per heavy atom. The van der Waals surface area contributed by atoms with E-state index in [0.29, 0.717) is 42.1 Å². The highest BCUT2D eigenvalue weighted by atomic mass is 35.5. The molecular formula is C14H21Cl2NO3. The van der Waals surface area contributed by atoms with Crippen molar-refractivity contribution in [1.82, 2.24) is 5.32 Å². The molecule has 4 nitrogen and oxygen atoms in total. The standard InChI is InChI=1S/C14H21Cl2NO3/c1-10(2)20-14-11(7-12(15)8-13(14)16)9-17-3-5-19-6-4-18/h7-8,10,17-18H,3-6,9H2,1-2H3. The SMILES string of the molecule is CC(C)Oc1c(Cl)cc(Cl)cc1CNCCOCCO. The molecule has 0 bridgehead atoms. The summed E-state index contributed by atoms with van der Waals surface area (Å²) in [5.74, 6) is 0.662. The average Bonchev–Trinajstić information content (AvgIpc) is 2.37. The van der Waals surface area contributed by atoms with E-state index in [-0.39, 0.29) is 12.7 Å². The van der Waals surface area contributed by atoms with Gasteiger partial charge in [-0.05, 0) is 26.0 Å². The van der Waals surface area contributed by atoms with Crippen LogP contribution in [0.3, 0.4) is 0 Å². The summed E-state index contributed by atoms with van der Waals surface area (Å²) >= 11 is 12.2. The predicted octanol–water partition coefficient (Wildman–Crippen LogP) is 2.88. The van der Waals surface area contributed by atoms with E-state index in [9.17, 15) is 0 Å². The Balaban J connectivity index is 2.58. The molecule has 0 unspecified atom stereocenters. The number of aliphatic hydroxyl groups excluding tert-OH is 1. The highest BCUT2D eigenvalue weighted by Crippen LogP contribution is 2.33. The van der Waals surface area contributed by atoms with E-state index < -0.39 is 0 Å². The van der Waals surface area contributed by atoms with Crippen LogP contribution < -0.4 is 10.1 Å².